The summed E-state index contributed by atoms with van der Waals surface area (Å²) in [6, 6.07) is 9.81. The summed E-state index contributed by atoms with van der Waals surface area (Å²) in [6.45, 7) is 6.60. The molecule has 21 heavy (non-hydrogen) atoms. The first-order chi connectivity index (χ1) is 9.57. The standard InChI is InChI=1S/C15H25N3OS.HI/c1-15(2,20-4)12-18-14(16-3)17-10-11-19-13-8-6-5-7-9-13;/h5-9H,10-12H2,1-4H3,(H2,16,17,18);1H. The SMILES string of the molecule is CN=C(NCCOc1ccccc1)NCC(C)(C)SC.I. The zero-order chi connectivity index (χ0) is 14.8. The Bertz CT molecular complexity index is 413. The average molecular weight is 423 g/mol. The molecule has 0 fully saturated rings. The first-order valence-electron chi connectivity index (χ1n) is 6.75. The van der Waals surface area contributed by atoms with Crippen molar-refractivity contribution < 1.29 is 4.74 Å². The molecule has 1 rings (SSSR count). The van der Waals surface area contributed by atoms with Gasteiger partial charge in [0, 0.05) is 18.3 Å². The maximum atomic E-state index is 5.62. The first-order valence-corrected chi connectivity index (χ1v) is 7.97. The minimum atomic E-state index is 0. The summed E-state index contributed by atoms with van der Waals surface area (Å²) in [7, 11) is 1.78. The van der Waals surface area contributed by atoms with Crippen LogP contribution in [0.2, 0.25) is 0 Å². The minimum absolute atomic E-state index is 0. The number of rotatable bonds is 7. The highest BCUT2D eigenvalue weighted by Crippen LogP contribution is 2.19. The van der Waals surface area contributed by atoms with E-state index in [1.165, 1.54) is 0 Å². The van der Waals surface area contributed by atoms with Crippen LogP contribution in [0.5, 0.6) is 5.75 Å². The molecule has 0 aliphatic carbocycles. The molecular weight excluding hydrogens is 397 g/mol. The van der Waals surface area contributed by atoms with Gasteiger partial charge in [0.1, 0.15) is 12.4 Å². The Hall–Kier alpha value is -0.630. The van der Waals surface area contributed by atoms with E-state index in [9.17, 15) is 0 Å². The predicted octanol–water partition coefficient (Wildman–Crippen LogP) is 2.99. The Morgan fingerprint density at radius 2 is 1.90 bits per heavy atom. The van der Waals surface area contributed by atoms with Gasteiger partial charge in [0.15, 0.2) is 5.96 Å². The Labute approximate surface area is 149 Å². The summed E-state index contributed by atoms with van der Waals surface area (Å²) in [4.78, 5) is 4.20. The number of para-hydroxylation sites is 1. The molecule has 1 aromatic carbocycles. The third kappa shape index (κ3) is 9.08. The van der Waals surface area contributed by atoms with Crippen LogP contribution in [-0.2, 0) is 0 Å². The van der Waals surface area contributed by atoms with Crippen molar-refractivity contribution in [2.45, 2.75) is 18.6 Å². The normalized spacial score (nSPS) is 11.5. The van der Waals surface area contributed by atoms with Gasteiger partial charge in [-0.25, -0.2) is 0 Å². The van der Waals surface area contributed by atoms with Crippen LogP contribution in [0, 0.1) is 0 Å². The summed E-state index contributed by atoms with van der Waals surface area (Å²) >= 11 is 1.84. The molecule has 0 saturated carbocycles. The van der Waals surface area contributed by atoms with Gasteiger partial charge in [-0.15, -0.1) is 24.0 Å². The van der Waals surface area contributed by atoms with Gasteiger partial charge < -0.3 is 15.4 Å². The van der Waals surface area contributed by atoms with Crippen LogP contribution >= 0.6 is 35.7 Å². The van der Waals surface area contributed by atoms with E-state index in [0.29, 0.717) is 13.2 Å². The molecule has 0 amide bonds. The second-order valence-corrected chi connectivity index (χ2v) is 6.49. The predicted molar refractivity (Wildman–Crippen MR) is 104 cm³/mol. The number of halogens is 1. The van der Waals surface area contributed by atoms with E-state index in [4.69, 9.17) is 4.74 Å². The van der Waals surface area contributed by atoms with Crippen molar-refractivity contribution >= 4 is 41.7 Å². The van der Waals surface area contributed by atoms with Gasteiger partial charge >= 0.3 is 0 Å². The molecule has 0 bridgehead atoms. The van der Waals surface area contributed by atoms with Gasteiger partial charge in [0.25, 0.3) is 0 Å². The van der Waals surface area contributed by atoms with E-state index >= 15 is 0 Å². The zero-order valence-corrected chi connectivity index (χ0v) is 16.3. The zero-order valence-electron chi connectivity index (χ0n) is 13.2. The smallest absolute Gasteiger partial charge is 0.191 e. The highest BCUT2D eigenvalue weighted by molar-refractivity contribution is 14.0. The average Bonchev–Trinajstić information content (AvgIpc) is 2.47. The van der Waals surface area contributed by atoms with Crippen LogP contribution in [0.3, 0.4) is 0 Å². The molecule has 6 heteroatoms. The van der Waals surface area contributed by atoms with Gasteiger partial charge in [-0.1, -0.05) is 18.2 Å². The Kier molecular flexibility index (Phi) is 10.7. The van der Waals surface area contributed by atoms with E-state index in [1.54, 1.807) is 7.05 Å². The summed E-state index contributed by atoms with van der Waals surface area (Å²) in [6.07, 6.45) is 2.12. The van der Waals surface area contributed by atoms with Crippen LogP contribution in [0.4, 0.5) is 0 Å². The molecule has 0 aromatic heterocycles. The lowest BCUT2D eigenvalue weighted by molar-refractivity contribution is 0.322. The largest absolute Gasteiger partial charge is 0.492 e. The third-order valence-electron chi connectivity index (χ3n) is 2.86. The second kappa shape index (κ2) is 11.0. The summed E-state index contributed by atoms with van der Waals surface area (Å²) in [5, 5.41) is 6.56. The number of hydrogen-bond donors (Lipinski definition) is 2. The number of aliphatic imine (C=N–C) groups is 1. The summed E-state index contributed by atoms with van der Waals surface area (Å²) in [5.74, 6) is 1.70. The van der Waals surface area contributed by atoms with Crippen molar-refractivity contribution in [2.24, 2.45) is 4.99 Å². The topological polar surface area (TPSA) is 45.7 Å². The van der Waals surface area contributed by atoms with E-state index in [-0.39, 0.29) is 28.7 Å². The highest BCUT2D eigenvalue weighted by Gasteiger charge is 2.15. The molecule has 4 nitrogen and oxygen atoms in total. The molecule has 120 valence electrons. The van der Waals surface area contributed by atoms with Crippen LogP contribution in [0.15, 0.2) is 35.3 Å². The Morgan fingerprint density at radius 3 is 2.48 bits per heavy atom. The molecule has 0 spiro atoms. The van der Waals surface area contributed by atoms with Gasteiger partial charge in [0.2, 0.25) is 0 Å². The number of nitrogens with one attached hydrogen (secondary N) is 2. The van der Waals surface area contributed by atoms with Crippen molar-refractivity contribution in [1.82, 2.24) is 10.6 Å². The molecular formula is C15H26IN3OS. The van der Waals surface area contributed by atoms with E-state index in [2.05, 4.69) is 35.7 Å². The molecule has 2 N–H and O–H groups in total. The van der Waals surface area contributed by atoms with Gasteiger partial charge in [0.05, 0.1) is 6.54 Å². The number of ether oxygens (including phenoxy) is 1. The van der Waals surface area contributed by atoms with Crippen LogP contribution in [-0.4, -0.2) is 43.7 Å². The number of guanidine groups is 1. The van der Waals surface area contributed by atoms with Crippen LogP contribution < -0.4 is 15.4 Å². The fraction of sp³-hybridized carbons (Fsp3) is 0.533. The van der Waals surface area contributed by atoms with Gasteiger partial charge in [-0.05, 0) is 32.2 Å². The van der Waals surface area contributed by atoms with Crippen molar-refractivity contribution in [3.8, 4) is 5.75 Å². The van der Waals surface area contributed by atoms with Crippen LogP contribution in [0.1, 0.15) is 13.8 Å². The highest BCUT2D eigenvalue weighted by atomic mass is 127. The number of nitrogens with zero attached hydrogens (tertiary/aromatic N) is 1. The summed E-state index contributed by atoms with van der Waals surface area (Å²) < 4.78 is 5.81. The second-order valence-electron chi connectivity index (χ2n) is 4.98. The van der Waals surface area contributed by atoms with E-state index < -0.39 is 0 Å². The number of thioether (sulfide) groups is 1. The maximum Gasteiger partial charge on any atom is 0.191 e. The fourth-order valence-corrected chi connectivity index (χ4v) is 1.66. The molecule has 0 heterocycles. The van der Waals surface area contributed by atoms with E-state index in [0.717, 1.165) is 18.3 Å². The maximum absolute atomic E-state index is 5.62. The molecule has 0 aliphatic rings. The first kappa shape index (κ1) is 20.4. The van der Waals surface area contributed by atoms with Crippen molar-refractivity contribution in [1.29, 1.82) is 0 Å². The number of benzene rings is 1. The molecule has 0 atom stereocenters. The lowest BCUT2D eigenvalue weighted by atomic mass is 10.2. The number of hydrogen-bond acceptors (Lipinski definition) is 3. The van der Waals surface area contributed by atoms with Crippen LogP contribution in [0.25, 0.3) is 0 Å². The monoisotopic (exact) mass is 423 g/mol. The fourth-order valence-electron chi connectivity index (χ4n) is 1.44. The molecule has 0 radical (unpaired) electrons. The minimum Gasteiger partial charge on any atom is -0.492 e. The third-order valence-corrected chi connectivity index (χ3v) is 4.11. The molecule has 1 aromatic rings. The quantitative estimate of drug-likeness (QED) is 0.306. The molecule has 0 saturated heterocycles. The Balaban J connectivity index is 0.00000400. The van der Waals surface area contributed by atoms with Crippen molar-refractivity contribution in [3.63, 3.8) is 0 Å². The van der Waals surface area contributed by atoms with E-state index in [1.807, 2.05) is 42.1 Å². The van der Waals surface area contributed by atoms with Crippen molar-refractivity contribution in [3.05, 3.63) is 30.3 Å². The molecule has 0 aliphatic heterocycles. The molecule has 0 unspecified atom stereocenters. The Morgan fingerprint density at radius 1 is 1.24 bits per heavy atom. The van der Waals surface area contributed by atoms with Crippen molar-refractivity contribution in [2.75, 3.05) is 33.0 Å². The lowest BCUT2D eigenvalue weighted by Gasteiger charge is -2.23. The summed E-state index contributed by atoms with van der Waals surface area (Å²) in [5.41, 5.74) is 0. The van der Waals surface area contributed by atoms with Gasteiger partial charge in [-0.3, -0.25) is 4.99 Å². The lowest BCUT2D eigenvalue weighted by Crippen LogP contribution is -2.44. The van der Waals surface area contributed by atoms with Gasteiger partial charge in [-0.2, -0.15) is 11.8 Å².